The van der Waals surface area contributed by atoms with Crippen LogP contribution >= 0.6 is 11.3 Å². The lowest BCUT2D eigenvalue weighted by molar-refractivity contribution is -0.136. The quantitative estimate of drug-likeness (QED) is 0.876. The molecule has 0 radical (unpaired) electrons. The second kappa shape index (κ2) is 6.11. The highest BCUT2D eigenvalue weighted by atomic mass is 32.1. The molecule has 1 aromatic heterocycles. The number of rotatable bonds is 3. The maximum Gasteiger partial charge on any atom is 0.245 e. The van der Waals surface area contributed by atoms with E-state index in [1.165, 1.54) is 0 Å². The predicted molar refractivity (Wildman–Crippen MR) is 79.9 cm³/mol. The Bertz CT molecular complexity index is 537. The van der Waals surface area contributed by atoms with E-state index in [2.05, 4.69) is 20.6 Å². The van der Waals surface area contributed by atoms with Gasteiger partial charge in [-0.2, -0.15) is 0 Å². The largest absolute Gasteiger partial charge is 0.344 e. The zero-order chi connectivity index (χ0) is 14.8. The highest BCUT2D eigenvalue weighted by Gasteiger charge is 2.32. The second-order valence-corrected chi connectivity index (χ2v) is 6.68. The van der Waals surface area contributed by atoms with Gasteiger partial charge in [-0.3, -0.25) is 14.5 Å². The van der Waals surface area contributed by atoms with Crippen LogP contribution in [-0.4, -0.2) is 58.8 Å². The smallest absolute Gasteiger partial charge is 0.245 e. The fourth-order valence-corrected chi connectivity index (χ4v) is 3.46. The number of aromatic nitrogens is 1. The van der Waals surface area contributed by atoms with Crippen LogP contribution in [0.5, 0.6) is 0 Å². The molecule has 0 saturated carbocycles. The lowest BCUT2D eigenvalue weighted by Gasteiger charge is -2.35. The van der Waals surface area contributed by atoms with Gasteiger partial charge in [0, 0.05) is 44.5 Å². The Kier molecular flexibility index (Phi) is 4.21. The van der Waals surface area contributed by atoms with Crippen molar-refractivity contribution in [3.8, 4) is 0 Å². The fraction of sp³-hybridized carbons (Fsp3) is 0.643. The van der Waals surface area contributed by atoms with Gasteiger partial charge in [-0.1, -0.05) is 0 Å². The normalized spacial score (nSPS) is 23.4. The molecular formula is C14H20N4O2S. The maximum atomic E-state index is 12.3. The summed E-state index contributed by atoms with van der Waals surface area (Å²) in [6, 6.07) is -0.301. The summed E-state index contributed by atoms with van der Waals surface area (Å²) in [6.45, 7) is 6.06. The molecule has 2 aliphatic heterocycles. The molecular weight excluding hydrogens is 288 g/mol. The number of thiazole rings is 1. The van der Waals surface area contributed by atoms with Crippen LogP contribution in [0.1, 0.15) is 23.5 Å². The van der Waals surface area contributed by atoms with Gasteiger partial charge < -0.3 is 10.2 Å². The molecule has 114 valence electrons. The molecule has 2 saturated heterocycles. The Labute approximate surface area is 128 Å². The number of aryl methyl sites for hydroxylation is 1. The molecule has 0 aliphatic carbocycles. The molecule has 2 fully saturated rings. The first kappa shape index (κ1) is 14.5. The fourth-order valence-electron chi connectivity index (χ4n) is 2.86. The summed E-state index contributed by atoms with van der Waals surface area (Å²) in [4.78, 5) is 32.2. The topological polar surface area (TPSA) is 65.5 Å². The van der Waals surface area contributed by atoms with Gasteiger partial charge in [0.2, 0.25) is 11.8 Å². The number of piperazine rings is 1. The second-order valence-electron chi connectivity index (χ2n) is 5.62. The number of hydrogen-bond donors (Lipinski definition) is 1. The van der Waals surface area contributed by atoms with E-state index in [-0.39, 0.29) is 17.9 Å². The van der Waals surface area contributed by atoms with Crippen molar-refractivity contribution in [3.05, 3.63) is 16.1 Å². The number of nitrogens with zero attached hydrogens (tertiary/aromatic N) is 3. The van der Waals surface area contributed by atoms with E-state index in [1.807, 2.05) is 11.8 Å². The number of carbonyl (C=O) groups is 2. The third-order valence-electron chi connectivity index (χ3n) is 4.03. The Morgan fingerprint density at radius 3 is 2.76 bits per heavy atom. The first-order chi connectivity index (χ1) is 10.1. The van der Waals surface area contributed by atoms with E-state index in [1.54, 1.807) is 11.3 Å². The third-order valence-corrected chi connectivity index (χ3v) is 4.85. The molecule has 1 atom stereocenters. The first-order valence-electron chi connectivity index (χ1n) is 7.33. The summed E-state index contributed by atoms with van der Waals surface area (Å²) in [5.74, 6) is 0.0656. The summed E-state index contributed by atoms with van der Waals surface area (Å²) in [6.07, 6.45) is 1.11. The highest BCUT2D eigenvalue weighted by molar-refractivity contribution is 7.09. The molecule has 21 heavy (non-hydrogen) atoms. The molecule has 6 nitrogen and oxygen atoms in total. The van der Waals surface area contributed by atoms with E-state index in [0.717, 1.165) is 43.4 Å². The van der Waals surface area contributed by atoms with Gasteiger partial charge in [0.05, 0.1) is 10.7 Å². The van der Waals surface area contributed by atoms with Gasteiger partial charge in [0.25, 0.3) is 0 Å². The van der Waals surface area contributed by atoms with Crippen LogP contribution in [0.15, 0.2) is 5.38 Å². The lowest BCUT2D eigenvalue weighted by Crippen LogP contribution is -2.53. The van der Waals surface area contributed by atoms with Crippen molar-refractivity contribution < 1.29 is 9.59 Å². The lowest BCUT2D eigenvalue weighted by atomic mass is 10.2. The molecule has 0 spiro atoms. The summed E-state index contributed by atoms with van der Waals surface area (Å²) >= 11 is 1.67. The number of hydrogen-bond acceptors (Lipinski definition) is 5. The third kappa shape index (κ3) is 3.41. The molecule has 0 aromatic carbocycles. The van der Waals surface area contributed by atoms with Gasteiger partial charge >= 0.3 is 0 Å². The van der Waals surface area contributed by atoms with Crippen LogP contribution < -0.4 is 5.32 Å². The SMILES string of the molecule is Cc1nc(CN2CCN(C(=O)[C@H]3CCC(=O)N3)CC2)cs1. The van der Waals surface area contributed by atoms with Crippen molar-refractivity contribution in [2.24, 2.45) is 0 Å². The van der Waals surface area contributed by atoms with Crippen molar-refractivity contribution in [1.29, 1.82) is 0 Å². The molecule has 0 unspecified atom stereocenters. The predicted octanol–water partition coefficient (Wildman–Crippen LogP) is 0.374. The average Bonchev–Trinajstić information content (AvgIpc) is 3.08. The molecule has 3 rings (SSSR count). The standard InChI is InChI=1S/C14H20N4O2S/c1-10-15-11(9-21-10)8-17-4-6-18(7-5-17)14(20)12-2-3-13(19)16-12/h9,12H,2-8H2,1H3,(H,16,19)/t12-/m1/s1. The van der Waals surface area contributed by atoms with E-state index >= 15 is 0 Å². The molecule has 3 heterocycles. The van der Waals surface area contributed by atoms with Crippen LogP contribution in [0.2, 0.25) is 0 Å². The summed E-state index contributed by atoms with van der Waals surface area (Å²) in [7, 11) is 0. The van der Waals surface area contributed by atoms with Crippen molar-refractivity contribution in [3.63, 3.8) is 0 Å². The molecule has 7 heteroatoms. The minimum atomic E-state index is -0.301. The zero-order valence-corrected chi connectivity index (χ0v) is 13.0. The minimum Gasteiger partial charge on any atom is -0.344 e. The monoisotopic (exact) mass is 308 g/mol. The van der Waals surface area contributed by atoms with E-state index in [0.29, 0.717) is 12.8 Å². The van der Waals surface area contributed by atoms with Crippen LogP contribution in [0.4, 0.5) is 0 Å². The van der Waals surface area contributed by atoms with E-state index in [9.17, 15) is 9.59 Å². The van der Waals surface area contributed by atoms with Crippen molar-refractivity contribution >= 4 is 23.2 Å². The minimum absolute atomic E-state index is 0.00844. The summed E-state index contributed by atoms with van der Waals surface area (Å²) < 4.78 is 0. The average molecular weight is 308 g/mol. The van der Waals surface area contributed by atoms with Crippen molar-refractivity contribution in [2.75, 3.05) is 26.2 Å². The number of nitrogens with one attached hydrogen (secondary N) is 1. The maximum absolute atomic E-state index is 12.3. The number of amides is 2. The van der Waals surface area contributed by atoms with Crippen molar-refractivity contribution in [1.82, 2.24) is 20.1 Å². The van der Waals surface area contributed by atoms with Crippen LogP contribution in [-0.2, 0) is 16.1 Å². The summed E-state index contributed by atoms with van der Waals surface area (Å²) in [5, 5.41) is 5.94. The molecule has 2 amide bonds. The van der Waals surface area contributed by atoms with E-state index in [4.69, 9.17) is 0 Å². The van der Waals surface area contributed by atoms with Gasteiger partial charge in [-0.05, 0) is 13.3 Å². The van der Waals surface area contributed by atoms with Gasteiger partial charge in [-0.25, -0.2) is 4.98 Å². The van der Waals surface area contributed by atoms with Crippen LogP contribution in [0, 0.1) is 6.92 Å². The Hall–Kier alpha value is -1.47. The van der Waals surface area contributed by atoms with Gasteiger partial charge in [-0.15, -0.1) is 11.3 Å². The van der Waals surface area contributed by atoms with Crippen molar-refractivity contribution in [2.45, 2.75) is 32.4 Å². The molecule has 2 aliphatic rings. The van der Waals surface area contributed by atoms with Crippen LogP contribution in [0.3, 0.4) is 0 Å². The Morgan fingerprint density at radius 1 is 1.43 bits per heavy atom. The highest BCUT2D eigenvalue weighted by Crippen LogP contribution is 2.14. The van der Waals surface area contributed by atoms with Crippen LogP contribution in [0.25, 0.3) is 0 Å². The molecule has 1 N–H and O–H groups in total. The molecule has 1 aromatic rings. The van der Waals surface area contributed by atoms with Gasteiger partial charge in [0.1, 0.15) is 6.04 Å². The molecule has 0 bridgehead atoms. The van der Waals surface area contributed by atoms with Gasteiger partial charge in [0.15, 0.2) is 0 Å². The first-order valence-corrected chi connectivity index (χ1v) is 8.21. The number of carbonyl (C=O) groups excluding carboxylic acids is 2. The Morgan fingerprint density at radius 2 is 2.19 bits per heavy atom. The summed E-state index contributed by atoms with van der Waals surface area (Å²) in [5.41, 5.74) is 1.11. The van der Waals surface area contributed by atoms with E-state index < -0.39 is 0 Å². The zero-order valence-electron chi connectivity index (χ0n) is 12.2. The Balaban J connectivity index is 1.48.